The van der Waals surface area contributed by atoms with Crippen LogP contribution in [0.3, 0.4) is 0 Å². The van der Waals surface area contributed by atoms with Crippen LogP contribution in [-0.2, 0) is 10.2 Å². The second-order valence-corrected chi connectivity index (χ2v) is 6.51. The van der Waals surface area contributed by atoms with Crippen LogP contribution in [0, 0.1) is 0 Å². The number of aromatic amines is 1. The molecular formula is C14H23N5O2. The Hall–Kier alpha value is -1.92. The topological polar surface area (TPSA) is 82.2 Å². The molecule has 1 fully saturated rings. The second kappa shape index (κ2) is 5.83. The molecule has 2 amide bonds. The number of nitrogens with one attached hydrogen (secondary N) is 1. The zero-order valence-corrected chi connectivity index (χ0v) is 13.1. The van der Waals surface area contributed by atoms with Crippen LogP contribution >= 0.6 is 0 Å². The lowest BCUT2D eigenvalue weighted by molar-refractivity contribution is -0.130. The minimum Gasteiger partial charge on any atom is -0.341 e. The molecule has 0 radical (unpaired) electrons. The number of amides is 2. The minimum atomic E-state index is -0.339. The average Bonchev–Trinajstić information content (AvgIpc) is 3.08. The van der Waals surface area contributed by atoms with Crippen molar-refractivity contribution in [3.63, 3.8) is 0 Å². The number of rotatable bonds is 3. The quantitative estimate of drug-likeness (QED) is 0.893. The van der Waals surface area contributed by atoms with Crippen molar-refractivity contribution in [1.29, 1.82) is 0 Å². The monoisotopic (exact) mass is 293 g/mol. The molecule has 0 aliphatic carbocycles. The van der Waals surface area contributed by atoms with E-state index < -0.39 is 0 Å². The molecule has 1 aromatic rings. The molecule has 0 saturated carbocycles. The van der Waals surface area contributed by atoms with E-state index in [2.05, 4.69) is 15.2 Å². The Morgan fingerprint density at radius 1 is 1.29 bits per heavy atom. The SMILES string of the molecule is CN(CC(=O)N1CCCC1)C(=O)c1n[nH]c(C(C)(C)C)n1. The summed E-state index contributed by atoms with van der Waals surface area (Å²) in [5.41, 5.74) is -0.199. The third kappa shape index (κ3) is 3.59. The lowest BCUT2D eigenvalue weighted by Crippen LogP contribution is -2.40. The van der Waals surface area contributed by atoms with Crippen molar-refractivity contribution < 1.29 is 9.59 Å². The second-order valence-electron chi connectivity index (χ2n) is 6.51. The molecule has 2 rings (SSSR count). The van der Waals surface area contributed by atoms with Crippen LogP contribution in [0.5, 0.6) is 0 Å². The number of hydrogen-bond donors (Lipinski definition) is 1. The van der Waals surface area contributed by atoms with E-state index in [9.17, 15) is 9.59 Å². The summed E-state index contributed by atoms with van der Waals surface area (Å²) in [5, 5.41) is 6.74. The number of hydrogen-bond acceptors (Lipinski definition) is 4. The fourth-order valence-electron chi connectivity index (χ4n) is 2.20. The molecule has 7 heteroatoms. The van der Waals surface area contributed by atoms with Crippen molar-refractivity contribution >= 4 is 11.8 Å². The lowest BCUT2D eigenvalue weighted by atomic mass is 9.96. The van der Waals surface area contributed by atoms with Crippen LogP contribution in [-0.4, -0.2) is 63.5 Å². The van der Waals surface area contributed by atoms with Crippen molar-refractivity contribution in [3.8, 4) is 0 Å². The summed E-state index contributed by atoms with van der Waals surface area (Å²) in [7, 11) is 1.60. The van der Waals surface area contributed by atoms with Gasteiger partial charge < -0.3 is 9.80 Å². The lowest BCUT2D eigenvalue weighted by Gasteiger charge is -2.20. The van der Waals surface area contributed by atoms with Gasteiger partial charge >= 0.3 is 0 Å². The highest BCUT2D eigenvalue weighted by atomic mass is 16.2. The molecule has 21 heavy (non-hydrogen) atoms. The van der Waals surface area contributed by atoms with E-state index in [1.54, 1.807) is 11.9 Å². The molecule has 0 atom stereocenters. The van der Waals surface area contributed by atoms with Gasteiger partial charge in [0.15, 0.2) is 0 Å². The number of aromatic nitrogens is 3. The van der Waals surface area contributed by atoms with Crippen LogP contribution < -0.4 is 0 Å². The van der Waals surface area contributed by atoms with Crippen LogP contribution in [0.4, 0.5) is 0 Å². The summed E-state index contributed by atoms with van der Waals surface area (Å²) in [6.45, 7) is 7.61. The summed E-state index contributed by atoms with van der Waals surface area (Å²) in [6, 6.07) is 0. The first kappa shape index (κ1) is 15.5. The fraction of sp³-hybridized carbons (Fsp3) is 0.714. The summed E-state index contributed by atoms with van der Waals surface area (Å²) in [6.07, 6.45) is 2.08. The minimum absolute atomic E-state index is 0.0186. The summed E-state index contributed by atoms with van der Waals surface area (Å²) in [5.74, 6) is 0.408. The zero-order valence-electron chi connectivity index (χ0n) is 13.1. The number of carbonyl (C=O) groups is 2. The smallest absolute Gasteiger partial charge is 0.293 e. The molecule has 0 aromatic carbocycles. The van der Waals surface area contributed by atoms with Crippen molar-refractivity contribution in [2.75, 3.05) is 26.7 Å². The van der Waals surface area contributed by atoms with E-state index in [1.807, 2.05) is 20.8 Å². The van der Waals surface area contributed by atoms with Gasteiger partial charge in [0.05, 0.1) is 6.54 Å². The standard InChI is InChI=1S/C14H23N5O2/c1-14(2,3)13-15-11(16-17-13)12(21)18(4)9-10(20)19-7-5-6-8-19/h5-9H2,1-4H3,(H,15,16,17). The maximum absolute atomic E-state index is 12.2. The van der Waals surface area contributed by atoms with Gasteiger partial charge in [0, 0.05) is 25.6 Å². The zero-order chi connectivity index (χ0) is 15.6. The van der Waals surface area contributed by atoms with E-state index in [0.717, 1.165) is 25.9 Å². The molecule has 0 spiro atoms. The van der Waals surface area contributed by atoms with Crippen molar-refractivity contribution in [3.05, 3.63) is 11.6 Å². The number of likely N-dealkylation sites (N-methyl/N-ethyl adjacent to an activating group) is 1. The van der Waals surface area contributed by atoms with E-state index >= 15 is 0 Å². The number of nitrogens with zero attached hydrogens (tertiary/aromatic N) is 4. The Bertz CT molecular complexity index is 526. The van der Waals surface area contributed by atoms with Crippen LogP contribution in [0.25, 0.3) is 0 Å². The summed E-state index contributed by atoms with van der Waals surface area (Å²) in [4.78, 5) is 31.7. The Balaban J connectivity index is 1.98. The molecular weight excluding hydrogens is 270 g/mol. The fourth-order valence-corrected chi connectivity index (χ4v) is 2.20. The Morgan fingerprint density at radius 2 is 1.90 bits per heavy atom. The van der Waals surface area contributed by atoms with E-state index in [0.29, 0.717) is 5.82 Å². The Kier molecular flexibility index (Phi) is 4.29. The normalized spacial score (nSPS) is 15.3. The molecule has 116 valence electrons. The van der Waals surface area contributed by atoms with Crippen molar-refractivity contribution in [1.82, 2.24) is 25.0 Å². The molecule has 7 nitrogen and oxygen atoms in total. The van der Waals surface area contributed by atoms with E-state index in [1.165, 1.54) is 4.90 Å². The maximum Gasteiger partial charge on any atom is 0.293 e. The van der Waals surface area contributed by atoms with Gasteiger partial charge in [-0.15, -0.1) is 5.10 Å². The van der Waals surface area contributed by atoms with Gasteiger partial charge in [0.25, 0.3) is 5.91 Å². The van der Waals surface area contributed by atoms with Crippen molar-refractivity contribution in [2.45, 2.75) is 39.0 Å². The first-order valence-electron chi connectivity index (χ1n) is 7.25. The molecule has 0 bridgehead atoms. The maximum atomic E-state index is 12.2. The third-order valence-electron chi connectivity index (χ3n) is 3.57. The molecule has 1 saturated heterocycles. The predicted molar refractivity (Wildman–Crippen MR) is 77.9 cm³/mol. The first-order chi connectivity index (χ1) is 9.79. The highest BCUT2D eigenvalue weighted by Gasteiger charge is 2.25. The largest absolute Gasteiger partial charge is 0.341 e. The summed E-state index contributed by atoms with van der Waals surface area (Å²) >= 11 is 0. The summed E-state index contributed by atoms with van der Waals surface area (Å²) < 4.78 is 0. The Morgan fingerprint density at radius 3 is 2.43 bits per heavy atom. The van der Waals surface area contributed by atoms with Gasteiger partial charge in [-0.1, -0.05) is 20.8 Å². The van der Waals surface area contributed by atoms with Gasteiger partial charge in [0.1, 0.15) is 5.82 Å². The molecule has 0 unspecified atom stereocenters. The van der Waals surface area contributed by atoms with E-state index in [-0.39, 0.29) is 29.6 Å². The third-order valence-corrected chi connectivity index (χ3v) is 3.57. The number of carbonyl (C=O) groups excluding carboxylic acids is 2. The number of H-pyrrole nitrogens is 1. The van der Waals surface area contributed by atoms with Gasteiger partial charge in [-0.3, -0.25) is 14.7 Å². The Labute approximate surface area is 124 Å². The van der Waals surface area contributed by atoms with Crippen LogP contribution in [0.15, 0.2) is 0 Å². The molecule has 1 aliphatic rings. The average molecular weight is 293 g/mol. The van der Waals surface area contributed by atoms with Crippen LogP contribution in [0.2, 0.25) is 0 Å². The highest BCUT2D eigenvalue weighted by Crippen LogP contribution is 2.17. The molecule has 1 aromatic heterocycles. The predicted octanol–water partition coefficient (Wildman–Crippen LogP) is 0.797. The molecule has 1 N–H and O–H groups in total. The number of likely N-dealkylation sites (tertiary alicyclic amines) is 1. The van der Waals surface area contributed by atoms with E-state index in [4.69, 9.17) is 0 Å². The van der Waals surface area contributed by atoms with Crippen LogP contribution in [0.1, 0.15) is 50.1 Å². The van der Waals surface area contributed by atoms with Gasteiger partial charge in [-0.05, 0) is 12.8 Å². The van der Waals surface area contributed by atoms with Gasteiger partial charge in [-0.2, -0.15) is 0 Å². The van der Waals surface area contributed by atoms with Gasteiger partial charge in [0.2, 0.25) is 11.7 Å². The molecule has 1 aliphatic heterocycles. The van der Waals surface area contributed by atoms with Gasteiger partial charge in [-0.25, -0.2) is 4.98 Å². The molecule has 2 heterocycles. The highest BCUT2D eigenvalue weighted by molar-refractivity contribution is 5.93. The first-order valence-corrected chi connectivity index (χ1v) is 7.25. The van der Waals surface area contributed by atoms with Crippen molar-refractivity contribution in [2.24, 2.45) is 0 Å².